The number of rotatable bonds is 4. The summed E-state index contributed by atoms with van der Waals surface area (Å²) in [5.74, 6) is 0.525. The number of fused-ring (bicyclic) bond motifs is 1. The maximum atomic E-state index is 12.0. The number of nitrogens with zero attached hydrogens (tertiary/aromatic N) is 2. The van der Waals surface area contributed by atoms with E-state index < -0.39 is 0 Å². The highest BCUT2D eigenvalue weighted by molar-refractivity contribution is 7.80. The molecule has 0 atom stereocenters. The van der Waals surface area contributed by atoms with Crippen molar-refractivity contribution in [1.29, 1.82) is 0 Å². The molecule has 0 radical (unpaired) electrons. The molecule has 0 spiro atoms. The van der Waals surface area contributed by atoms with Crippen molar-refractivity contribution in [2.45, 2.75) is 13.8 Å². The number of hydrogen-bond donors (Lipinski definition) is 2. The Morgan fingerprint density at radius 1 is 1.22 bits per heavy atom. The number of aromatic nitrogens is 2. The Hall–Kier alpha value is -2.27. The molecule has 2 aromatic carbocycles. The zero-order valence-corrected chi connectivity index (χ0v) is 14.1. The van der Waals surface area contributed by atoms with Crippen molar-refractivity contribution in [3.63, 3.8) is 0 Å². The Labute approximate surface area is 141 Å². The molecule has 1 N–H and O–H groups in total. The van der Waals surface area contributed by atoms with E-state index in [0.29, 0.717) is 17.9 Å². The van der Waals surface area contributed by atoms with Crippen LogP contribution in [0.3, 0.4) is 0 Å². The largest absolute Gasteiger partial charge is 0.351 e. The van der Waals surface area contributed by atoms with Gasteiger partial charge < -0.3 is 5.32 Å². The van der Waals surface area contributed by atoms with Crippen LogP contribution < -0.4 is 5.32 Å². The molecule has 0 aliphatic heterocycles. The van der Waals surface area contributed by atoms with Gasteiger partial charge in [0.05, 0.1) is 16.7 Å². The van der Waals surface area contributed by atoms with E-state index >= 15 is 0 Å². The fourth-order valence-electron chi connectivity index (χ4n) is 2.60. The van der Waals surface area contributed by atoms with Gasteiger partial charge in [0.25, 0.3) is 5.91 Å². The summed E-state index contributed by atoms with van der Waals surface area (Å²) >= 11 is 4.10. The second-order valence-electron chi connectivity index (χ2n) is 5.59. The predicted molar refractivity (Wildman–Crippen MR) is 96.7 cm³/mol. The maximum Gasteiger partial charge on any atom is 0.251 e. The zero-order valence-electron chi connectivity index (χ0n) is 13.2. The van der Waals surface area contributed by atoms with Crippen LogP contribution in [0.1, 0.15) is 21.5 Å². The second-order valence-corrected chi connectivity index (χ2v) is 6.03. The van der Waals surface area contributed by atoms with E-state index in [9.17, 15) is 4.79 Å². The van der Waals surface area contributed by atoms with E-state index in [2.05, 4.69) is 59.5 Å². The number of carbonyl (C=O) groups is 1. The van der Waals surface area contributed by atoms with Gasteiger partial charge in [-0.2, -0.15) is 12.6 Å². The van der Waals surface area contributed by atoms with Crippen LogP contribution in [-0.4, -0.2) is 27.8 Å². The monoisotopic (exact) mass is 325 g/mol. The smallest absolute Gasteiger partial charge is 0.251 e. The number of benzene rings is 2. The third kappa shape index (κ3) is 3.10. The molecule has 0 aliphatic rings. The van der Waals surface area contributed by atoms with Gasteiger partial charge in [-0.05, 0) is 49.2 Å². The Kier molecular flexibility index (Phi) is 4.39. The van der Waals surface area contributed by atoms with Crippen LogP contribution >= 0.6 is 12.6 Å². The van der Waals surface area contributed by atoms with Crippen LogP contribution in [0.5, 0.6) is 0 Å². The second kappa shape index (κ2) is 6.46. The molecule has 118 valence electrons. The lowest BCUT2D eigenvalue weighted by atomic mass is 10.1. The minimum atomic E-state index is -0.0952. The highest BCUT2D eigenvalue weighted by Crippen LogP contribution is 2.22. The number of hydrogen-bond acceptors (Lipinski definition) is 3. The Bertz CT molecular complexity index is 870. The molecule has 1 amide bonds. The van der Waals surface area contributed by atoms with Crippen molar-refractivity contribution in [3.05, 3.63) is 59.4 Å². The van der Waals surface area contributed by atoms with Gasteiger partial charge in [-0.25, -0.2) is 4.98 Å². The fraction of sp³-hybridized carbons (Fsp3) is 0.222. The lowest BCUT2D eigenvalue weighted by Gasteiger charge is -2.09. The number of amides is 1. The quantitative estimate of drug-likeness (QED) is 0.723. The molecule has 5 heteroatoms. The number of thiol groups is 1. The lowest BCUT2D eigenvalue weighted by molar-refractivity contribution is 0.0956. The minimum Gasteiger partial charge on any atom is -0.351 e. The van der Waals surface area contributed by atoms with Gasteiger partial charge in [-0.1, -0.05) is 12.1 Å². The Morgan fingerprint density at radius 2 is 2.04 bits per heavy atom. The molecule has 0 bridgehead atoms. The van der Waals surface area contributed by atoms with Gasteiger partial charge in [0.2, 0.25) is 0 Å². The van der Waals surface area contributed by atoms with Crippen molar-refractivity contribution in [1.82, 2.24) is 14.9 Å². The average molecular weight is 325 g/mol. The molecule has 0 saturated carbocycles. The number of nitrogens with one attached hydrogen (secondary N) is 1. The Balaban J connectivity index is 2.02. The molecule has 0 fully saturated rings. The summed E-state index contributed by atoms with van der Waals surface area (Å²) in [5, 5.41) is 2.82. The first-order valence-corrected chi connectivity index (χ1v) is 8.17. The van der Waals surface area contributed by atoms with Gasteiger partial charge in [0.1, 0.15) is 6.33 Å². The molecule has 0 saturated heterocycles. The molecule has 3 aromatic rings. The topological polar surface area (TPSA) is 46.9 Å². The normalized spacial score (nSPS) is 10.9. The van der Waals surface area contributed by atoms with Crippen LogP contribution in [-0.2, 0) is 0 Å². The third-order valence-corrected chi connectivity index (χ3v) is 4.05. The molecule has 23 heavy (non-hydrogen) atoms. The van der Waals surface area contributed by atoms with E-state index in [4.69, 9.17) is 0 Å². The number of carbonyl (C=O) groups excluding carboxylic acids is 1. The summed E-state index contributed by atoms with van der Waals surface area (Å²) < 4.78 is 2.06. The Morgan fingerprint density at radius 3 is 2.83 bits per heavy atom. The first-order chi connectivity index (χ1) is 11.1. The molecule has 1 heterocycles. The first-order valence-electron chi connectivity index (χ1n) is 7.54. The van der Waals surface area contributed by atoms with E-state index in [1.165, 1.54) is 11.1 Å². The molecule has 3 rings (SSSR count). The molecule has 0 aliphatic carbocycles. The number of imidazole rings is 1. The van der Waals surface area contributed by atoms with Crippen molar-refractivity contribution < 1.29 is 4.79 Å². The summed E-state index contributed by atoms with van der Waals surface area (Å²) in [7, 11) is 0. The molecular weight excluding hydrogens is 306 g/mol. The van der Waals surface area contributed by atoms with E-state index in [-0.39, 0.29) is 5.91 Å². The predicted octanol–water partition coefficient (Wildman–Crippen LogP) is 3.30. The minimum absolute atomic E-state index is 0.0952. The standard InChI is InChI=1S/C18H19N3OS/c1-12-3-4-13(2)17(9-12)21-11-20-15-10-14(5-6-16(15)21)18(22)19-7-8-23/h3-6,9-11,23H,7-8H2,1-2H3,(H,19,22). The van der Waals surface area contributed by atoms with Crippen LogP contribution in [0.25, 0.3) is 16.7 Å². The molecular formula is C18H19N3OS. The van der Waals surface area contributed by atoms with Gasteiger partial charge in [-0.15, -0.1) is 0 Å². The first kappa shape index (κ1) is 15.6. The summed E-state index contributed by atoms with van der Waals surface area (Å²) in [4.78, 5) is 16.5. The zero-order chi connectivity index (χ0) is 16.4. The van der Waals surface area contributed by atoms with E-state index in [0.717, 1.165) is 16.7 Å². The molecule has 1 aromatic heterocycles. The van der Waals surface area contributed by atoms with Crippen LogP contribution in [0.2, 0.25) is 0 Å². The van der Waals surface area contributed by atoms with Gasteiger partial charge in [0, 0.05) is 17.9 Å². The van der Waals surface area contributed by atoms with Crippen LogP contribution in [0.4, 0.5) is 0 Å². The maximum absolute atomic E-state index is 12.0. The SMILES string of the molecule is Cc1ccc(C)c(-n2cnc3cc(C(=O)NCCS)ccc32)c1. The van der Waals surface area contributed by atoms with Crippen molar-refractivity contribution in [2.24, 2.45) is 0 Å². The van der Waals surface area contributed by atoms with E-state index in [1.807, 2.05) is 24.5 Å². The summed E-state index contributed by atoms with van der Waals surface area (Å²) in [6.45, 7) is 4.71. The summed E-state index contributed by atoms with van der Waals surface area (Å²) in [6, 6.07) is 11.9. The molecule has 0 unspecified atom stereocenters. The van der Waals surface area contributed by atoms with Crippen LogP contribution in [0.15, 0.2) is 42.7 Å². The summed E-state index contributed by atoms with van der Waals surface area (Å²) in [6.07, 6.45) is 1.81. The van der Waals surface area contributed by atoms with Gasteiger partial charge in [-0.3, -0.25) is 9.36 Å². The van der Waals surface area contributed by atoms with Gasteiger partial charge >= 0.3 is 0 Å². The fourth-order valence-corrected chi connectivity index (χ4v) is 2.71. The van der Waals surface area contributed by atoms with Crippen molar-refractivity contribution in [2.75, 3.05) is 12.3 Å². The van der Waals surface area contributed by atoms with Crippen molar-refractivity contribution >= 4 is 29.6 Å². The van der Waals surface area contributed by atoms with E-state index in [1.54, 1.807) is 0 Å². The van der Waals surface area contributed by atoms with Gasteiger partial charge in [0.15, 0.2) is 0 Å². The number of aryl methyl sites for hydroxylation is 2. The lowest BCUT2D eigenvalue weighted by Crippen LogP contribution is -2.25. The van der Waals surface area contributed by atoms with Crippen LogP contribution in [0, 0.1) is 13.8 Å². The third-order valence-electron chi connectivity index (χ3n) is 3.83. The summed E-state index contributed by atoms with van der Waals surface area (Å²) in [5.41, 5.74) is 5.92. The highest BCUT2D eigenvalue weighted by atomic mass is 32.1. The highest BCUT2D eigenvalue weighted by Gasteiger charge is 2.11. The average Bonchev–Trinajstić information content (AvgIpc) is 2.97. The van der Waals surface area contributed by atoms with Crippen molar-refractivity contribution in [3.8, 4) is 5.69 Å². The molecule has 4 nitrogen and oxygen atoms in total.